The van der Waals surface area contributed by atoms with Gasteiger partial charge in [0.2, 0.25) is 15.9 Å². The number of amides is 1. The molecule has 1 unspecified atom stereocenters. The fourth-order valence-corrected chi connectivity index (χ4v) is 4.49. The van der Waals surface area contributed by atoms with Crippen molar-refractivity contribution in [2.75, 3.05) is 25.9 Å². The van der Waals surface area contributed by atoms with Gasteiger partial charge >= 0.3 is 0 Å². The highest BCUT2D eigenvalue weighted by atomic mass is 32.2. The summed E-state index contributed by atoms with van der Waals surface area (Å²) in [5.74, 6) is 0.0558. The van der Waals surface area contributed by atoms with E-state index >= 15 is 0 Å². The lowest BCUT2D eigenvalue weighted by Crippen LogP contribution is -2.42. The van der Waals surface area contributed by atoms with Crippen LogP contribution >= 0.6 is 0 Å². The van der Waals surface area contributed by atoms with Gasteiger partial charge in [-0.2, -0.15) is 9.40 Å². The Morgan fingerprint density at radius 3 is 2.84 bits per heavy atom. The number of hydrogen-bond donors (Lipinski definition) is 1. The highest BCUT2D eigenvalue weighted by molar-refractivity contribution is 7.88. The van der Waals surface area contributed by atoms with Crippen LogP contribution in [0.2, 0.25) is 0 Å². The topological polar surface area (TPSA) is 87.5 Å². The van der Waals surface area contributed by atoms with Crippen LogP contribution in [0.1, 0.15) is 37.6 Å². The molecule has 9 heteroatoms. The molecule has 0 radical (unpaired) electrons. The van der Waals surface area contributed by atoms with Crippen LogP contribution < -0.4 is 5.32 Å². The van der Waals surface area contributed by atoms with Crippen LogP contribution in [0.15, 0.2) is 6.07 Å². The zero-order valence-electron chi connectivity index (χ0n) is 14.9. The van der Waals surface area contributed by atoms with Gasteiger partial charge in [-0.05, 0) is 38.4 Å². The maximum absolute atomic E-state index is 12.4. The highest BCUT2D eigenvalue weighted by Gasteiger charge is 2.29. The first-order valence-corrected chi connectivity index (χ1v) is 10.8. The summed E-state index contributed by atoms with van der Waals surface area (Å²) >= 11 is 0. The predicted molar refractivity (Wildman–Crippen MR) is 94.2 cm³/mol. The van der Waals surface area contributed by atoms with Crippen LogP contribution in [-0.4, -0.2) is 65.2 Å². The zero-order chi connectivity index (χ0) is 18.0. The summed E-state index contributed by atoms with van der Waals surface area (Å²) < 4.78 is 27.0. The van der Waals surface area contributed by atoms with Gasteiger partial charge in [0, 0.05) is 13.1 Å². The quantitative estimate of drug-likeness (QED) is 0.798. The third-order valence-electron chi connectivity index (χ3n) is 5.01. The third-order valence-corrected chi connectivity index (χ3v) is 6.26. The first-order valence-electron chi connectivity index (χ1n) is 8.91. The molecule has 0 saturated carbocycles. The Kier molecular flexibility index (Phi) is 5.45. The molecule has 0 aliphatic carbocycles. The number of sulfonamides is 1. The maximum atomic E-state index is 12.4. The molecule has 1 atom stereocenters. The Morgan fingerprint density at radius 1 is 1.32 bits per heavy atom. The number of aryl methyl sites for hydroxylation is 1. The summed E-state index contributed by atoms with van der Waals surface area (Å²) in [7, 11) is -3.21. The molecule has 1 aromatic heterocycles. The summed E-state index contributed by atoms with van der Waals surface area (Å²) in [4.78, 5) is 14.6. The normalized spacial score (nSPS) is 22.6. The summed E-state index contributed by atoms with van der Waals surface area (Å²) in [5, 5.41) is 7.52. The van der Waals surface area contributed by atoms with Crippen LogP contribution in [0.3, 0.4) is 0 Å². The first kappa shape index (κ1) is 18.3. The monoisotopic (exact) mass is 369 g/mol. The number of likely N-dealkylation sites (N-methyl/N-ethyl adjacent to an activating group) is 1. The number of fused-ring (bicyclic) bond motifs is 1. The van der Waals surface area contributed by atoms with Crippen molar-refractivity contribution in [3.05, 3.63) is 17.5 Å². The van der Waals surface area contributed by atoms with Gasteiger partial charge in [-0.15, -0.1) is 0 Å². The summed E-state index contributed by atoms with van der Waals surface area (Å²) in [5.41, 5.74) is 1.66. The molecule has 3 rings (SSSR count). The minimum atomic E-state index is -3.21. The Hall–Kier alpha value is -1.45. The van der Waals surface area contributed by atoms with Gasteiger partial charge in [0.1, 0.15) is 0 Å². The molecule has 2 aliphatic heterocycles. The summed E-state index contributed by atoms with van der Waals surface area (Å²) in [6.45, 7) is 5.88. The lowest BCUT2D eigenvalue weighted by atomic mass is 10.2. The number of nitrogens with zero attached hydrogens (tertiary/aromatic N) is 4. The fourth-order valence-electron chi connectivity index (χ4n) is 3.66. The second-order valence-corrected chi connectivity index (χ2v) is 8.79. The number of rotatable bonds is 5. The van der Waals surface area contributed by atoms with E-state index in [1.54, 1.807) is 0 Å². The molecule has 1 aromatic rings. The van der Waals surface area contributed by atoms with Gasteiger partial charge in [0.25, 0.3) is 0 Å². The van der Waals surface area contributed by atoms with E-state index < -0.39 is 10.0 Å². The second-order valence-electron chi connectivity index (χ2n) is 6.80. The van der Waals surface area contributed by atoms with Crippen molar-refractivity contribution < 1.29 is 13.2 Å². The molecule has 1 saturated heterocycles. The molecule has 0 aromatic carbocycles. The van der Waals surface area contributed by atoms with E-state index in [1.807, 2.05) is 10.7 Å². The van der Waals surface area contributed by atoms with E-state index in [9.17, 15) is 13.2 Å². The van der Waals surface area contributed by atoms with Gasteiger partial charge in [0.15, 0.2) is 0 Å². The molecular formula is C16H27N5O3S. The van der Waals surface area contributed by atoms with Gasteiger partial charge in [-0.1, -0.05) is 6.92 Å². The van der Waals surface area contributed by atoms with Crippen LogP contribution in [0.4, 0.5) is 0 Å². The number of likely N-dealkylation sites (tertiary alicyclic amines) is 1. The molecule has 8 nitrogen and oxygen atoms in total. The third kappa shape index (κ3) is 4.21. The van der Waals surface area contributed by atoms with Crippen molar-refractivity contribution in [3.63, 3.8) is 0 Å². The molecule has 0 spiro atoms. The second kappa shape index (κ2) is 7.43. The summed E-state index contributed by atoms with van der Waals surface area (Å²) in [6, 6.07) is 1.86. The maximum Gasteiger partial charge on any atom is 0.237 e. The minimum Gasteiger partial charge on any atom is -0.349 e. The Labute approximate surface area is 149 Å². The van der Waals surface area contributed by atoms with E-state index in [4.69, 9.17) is 0 Å². The molecule has 140 valence electrons. The van der Waals surface area contributed by atoms with Gasteiger partial charge in [0.05, 0.1) is 36.8 Å². The van der Waals surface area contributed by atoms with Crippen LogP contribution in [0.5, 0.6) is 0 Å². The molecule has 1 N–H and O–H groups in total. The van der Waals surface area contributed by atoms with Crippen molar-refractivity contribution in [1.82, 2.24) is 24.3 Å². The van der Waals surface area contributed by atoms with Crippen molar-refractivity contribution in [2.24, 2.45) is 0 Å². The molecule has 1 fully saturated rings. The first-order chi connectivity index (χ1) is 11.9. The fraction of sp³-hybridized carbons (Fsp3) is 0.750. The Morgan fingerprint density at radius 2 is 2.12 bits per heavy atom. The van der Waals surface area contributed by atoms with Crippen LogP contribution in [0.25, 0.3) is 0 Å². The standard InChI is InChI=1S/C16H27N5O3S/c1-3-19-7-4-6-15(19)16(22)17-11-13-10-14-12-20(25(2,23)24)8-5-9-21(14)18-13/h10,15H,3-9,11-12H2,1-2H3,(H,17,22). The van der Waals surface area contributed by atoms with Gasteiger partial charge < -0.3 is 5.32 Å². The number of hydrogen-bond acceptors (Lipinski definition) is 5. The lowest BCUT2D eigenvalue weighted by molar-refractivity contribution is -0.125. The van der Waals surface area contributed by atoms with Gasteiger partial charge in [-0.25, -0.2) is 8.42 Å². The van der Waals surface area contributed by atoms with Crippen LogP contribution in [-0.2, 0) is 34.5 Å². The Bertz CT molecular complexity index is 730. The van der Waals surface area contributed by atoms with Gasteiger partial charge in [-0.3, -0.25) is 14.4 Å². The largest absolute Gasteiger partial charge is 0.349 e. The number of carbonyl (C=O) groups is 1. The molecule has 2 aliphatic rings. The summed E-state index contributed by atoms with van der Waals surface area (Å²) in [6.07, 6.45) is 3.94. The van der Waals surface area contributed by atoms with Crippen LogP contribution in [0, 0.1) is 0 Å². The number of carbonyl (C=O) groups excluding carboxylic acids is 1. The molecule has 1 amide bonds. The van der Waals surface area contributed by atoms with Crippen molar-refractivity contribution in [3.8, 4) is 0 Å². The van der Waals surface area contributed by atoms with E-state index in [1.165, 1.54) is 10.6 Å². The smallest absolute Gasteiger partial charge is 0.237 e. The average molecular weight is 369 g/mol. The molecule has 3 heterocycles. The average Bonchev–Trinajstić information content (AvgIpc) is 3.13. The number of aromatic nitrogens is 2. The number of nitrogens with one attached hydrogen (secondary N) is 1. The lowest BCUT2D eigenvalue weighted by Gasteiger charge is -2.21. The minimum absolute atomic E-state index is 0.0360. The molecule has 25 heavy (non-hydrogen) atoms. The highest BCUT2D eigenvalue weighted by Crippen LogP contribution is 2.18. The molecular weight excluding hydrogens is 342 g/mol. The van der Waals surface area contributed by atoms with E-state index in [0.29, 0.717) is 26.2 Å². The predicted octanol–water partition coefficient (Wildman–Crippen LogP) is 0.149. The Balaban J connectivity index is 1.63. The molecule has 0 bridgehead atoms. The SMILES string of the molecule is CCN1CCCC1C(=O)NCc1cc2n(n1)CCCN(S(C)(=O)=O)C2. The van der Waals surface area contributed by atoms with E-state index in [-0.39, 0.29) is 11.9 Å². The zero-order valence-corrected chi connectivity index (χ0v) is 15.8. The van der Waals surface area contributed by atoms with Crippen molar-refractivity contribution in [1.29, 1.82) is 0 Å². The van der Waals surface area contributed by atoms with Crippen molar-refractivity contribution >= 4 is 15.9 Å². The van der Waals surface area contributed by atoms with E-state index in [0.717, 1.165) is 43.7 Å². The van der Waals surface area contributed by atoms with Crippen molar-refractivity contribution in [2.45, 2.75) is 51.9 Å². The van der Waals surface area contributed by atoms with E-state index in [2.05, 4.69) is 22.2 Å².